The standard InChI is InChI=1S/C22H25ClN6O/c1-4-29(5-2)21-14-20(24-15(3)25-21)26-17-10-12-19(13-11-17)28-22(30)27-18-8-6-16(23)7-9-18/h6-14H,4-5H2,1-3H3,(H,24,25,26)(H2,27,28,30). The molecule has 3 aromatic rings. The van der Waals surface area contributed by atoms with Crippen LogP contribution < -0.4 is 20.9 Å². The number of urea groups is 1. The summed E-state index contributed by atoms with van der Waals surface area (Å²) in [4.78, 5) is 23.3. The molecule has 0 bridgehead atoms. The van der Waals surface area contributed by atoms with Gasteiger partial charge in [0.05, 0.1) is 0 Å². The van der Waals surface area contributed by atoms with Gasteiger partial charge in [-0.2, -0.15) is 0 Å². The molecule has 0 unspecified atom stereocenters. The van der Waals surface area contributed by atoms with Gasteiger partial charge in [-0.1, -0.05) is 11.6 Å². The van der Waals surface area contributed by atoms with Gasteiger partial charge in [0.15, 0.2) is 0 Å². The SMILES string of the molecule is CCN(CC)c1cc(Nc2ccc(NC(=O)Nc3ccc(Cl)cc3)cc2)nc(C)n1. The molecule has 2 aromatic carbocycles. The number of anilines is 5. The average Bonchev–Trinajstić information content (AvgIpc) is 2.72. The number of nitrogens with zero attached hydrogens (tertiary/aromatic N) is 3. The van der Waals surface area contributed by atoms with E-state index >= 15 is 0 Å². The maximum atomic E-state index is 12.1. The monoisotopic (exact) mass is 424 g/mol. The second-order valence-corrected chi connectivity index (χ2v) is 7.06. The molecule has 0 saturated heterocycles. The lowest BCUT2D eigenvalue weighted by molar-refractivity contribution is 0.262. The van der Waals surface area contributed by atoms with E-state index in [1.54, 1.807) is 24.3 Å². The van der Waals surface area contributed by atoms with Crippen molar-refractivity contribution < 1.29 is 4.79 Å². The number of hydrogen-bond donors (Lipinski definition) is 3. The summed E-state index contributed by atoms with van der Waals surface area (Å²) in [7, 11) is 0. The van der Waals surface area contributed by atoms with E-state index in [-0.39, 0.29) is 6.03 Å². The number of halogens is 1. The van der Waals surface area contributed by atoms with Crippen molar-refractivity contribution >= 4 is 46.3 Å². The van der Waals surface area contributed by atoms with E-state index in [0.717, 1.165) is 30.4 Å². The Balaban J connectivity index is 1.63. The molecular weight excluding hydrogens is 400 g/mol. The number of carbonyl (C=O) groups is 1. The first-order valence-corrected chi connectivity index (χ1v) is 10.2. The maximum absolute atomic E-state index is 12.1. The van der Waals surface area contributed by atoms with Crippen LogP contribution in [0, 0.1) is 6.92 Å². The Hall–Kier alpha value is -3.32. The van der Waals surface area contributed by atoms with Crippen molar-refractivity contribution in [2.75, 3.05) is 33.9 Å². The lowest BCUT2D eigenvalue weighted by Crippen LogP contribution is -2.23. The highest BCUT2D eigenvalue weighted by Crippen LogP contribution is 2.21. The van der Waals surface area contributed by atoms with Crippen LogP contribution in [-0.4, -0.2) is 29.1 Å². The Morgan fingerprint density at radius 3 is 2.00 bits per heavy atom. The molecule has 0 atom stereocenters. The zero-order valence-corrected chi connectivity index (χ0v) is 18.0. The highest BCUT2D eigenvalue weighted by Gasteiger charge is 2.08. The number of nitrogens with one attached hydrogen (secondary N) is 3. The van der Waals surface area contributed by atoms with Gasteiger partial charge in [0.2, 0.25) is 0 Å². The van der Waals surface area contributed by atoms with Crippen molar-refractivity contribution in [1.29, 1.82) is 0 Å². The second kappa shape index (κ2) is 9.93. The van der Waals surface area contributed by atoms with E-state index in [1.807, 2.05) is 37.3 Å². The topological polar surface area (TPSA) is 82.2 Å². The fraction of sp³-hybridized carbons (Fsp3) is 0.227. The van der Waals surface area contributed by atoms with Crippen LogP contribution >= 0.6 is 11.6 Å². The maximum Gasteiger partial charge on any atom is 0.323 e. The van der Waals surface area contributed by atoms with Crippen LogP contribution in [0.15, 0.2) is 54.6 Å². The van der Waals surface area contributed by atoms with Gasteiger partial charge in [0, 0.05) is 41.2 Å². The Bertz CT molecular complexity index is 988. The predicted octanol–water partition coefficient (Wildman–Crippen LogP) is 5.67. The fourth-order valence-electron chi connectivity index (χ4n) is 2.94. The predicted molar refractivity (Wildman–Crippen MR) is 124 cm³/mol. The third kappa shape index (κ3) is 5.84. The second-order valence-electron chi connectivity index (χ2n) is 6.62. The van der Waals surface area contributed by atoms with Crippen molar-refractivity contribution in [3.8, 4) is 0 Å². The van der Waals surface area contributed by atoms with Crippen LogP contribution in [0.25, 0.3) is 0 Å². The number of rotatable bonds is 7. The zero-order valence-electron chi connectivity index (χ0n) is 17.2. The summed E-state index contributed by atoms with van der Waals surface area (Å²) < 4.78 is 0. The van der Waals surface area contributed by atoms with Gasteiger partial charge in [-0.15, -0.1) is 0 Å². The van der Waals surface area contributed by atoms with Gasteiger partial charge in [-0.3, -0.25) is 0 Å². The van der Waals surface area contributed by atoms with Crippen LogP contribution in [0.2, 0.25) is 5.02 Å². The molecule has 0 aliphatic heterocycles. The molecule has 30 heavy (non-hydrogen) atoms. The molecule has 1 heterocycles. The Kier molecular flexibility index (Phi) is 7.08. The van der Waals surface area contributed by atoms with Gasteiger partial charge >= 0.3 is 6.03 Å². The van der Waals surface area contributed by atoms with Crippen molar-refractivity contribution in [2.45, 2.75) is 20.8 Å². The normalized spacial score (nSPS) is 10.4. The first kappa shape index (κ1) is 21.4. The smallest absolute Gasteiger partial charge is 0.323 e. The van der Waals surface area contributed by atoms with E-state index < -0.39 is 0 Å². The molecule has 0 aliphatic carbocycles. The van der Waals surface area contributed by atoms with Gasteiger partial charge < -0.3 is 20.9 Å². The van der Waals surface area contributed by atoms with Crippen molar-refractivity contribution in [3.63, 3.8) is 0 Å². The molecular formula is C22H25ClN6O. The minimum absolute atomic E-state index is 0.326. The molecule has 0 aliphatic rings. The van der Waals surface area contributed by atoms with Crippen LogP contribution in [0.5, 0.6) is 0 Å². The fourth-order valence-corrected chi connectivity index (χ4v) is 3.06. The Labute approximate surface area is 181 Å². The number of carbonyl (C=O) groups excluding carboxylic acids is 1. The molecule has 8 heteroatoms. The largest absolute Gasteiger partial charge is 0.357 e. The number of hydrogen-bond acceptors (Lipinski definition) is 5. The molecule has 3 N–H and O–H groups in total. The third-order valence-electron chi connectivity index (χ3n) is 4.43. The molecule has 0 saturated carbocycles. The number of aromatic nitrogens is 2. The lowest BCUT2D eigenvalue weighted by atomic mass is 10.2. The van der Waals surface area contributed by atoms with Gasteiger partial charge in [-0.25, -0.2) is 14.8 Å². The average molecular weight is 425 g/mol. The lowest BCUT2D eigenvalue weighted by Gasteiger charge is -2.20. The number of benzene rings is 2. The minimum Gasteiger partial charge on any atom is -0.357 e. The van der Waals surface area contributed by atoms with E-state index in [0.29, 0.717) is 22.2 Å². The van der Waals surface area contributed by atoms with E-state index in [1.165, 1.54) is 0 Å². The quantitative estimate of drug-likeness (QED) is 0.455. The molecule has 0 radical (unpaired) electrons. The van der Waals surface area contributed by atoms with Crippen LogP contribution in [0.3, 0.4) is 0 Å². The Morgan fingerprint density at radius 1 is 0.900 bits per heavy atom. The summed E-state index contributed by atoms with van der Waals surface area (Å²) in [5.74, 6) is 2.33. The highest BCUT2D eigenvalue weighted by atomic mass is 35.5. The molecule has 0 spiro atoms. The minimum atomic E-state index is -0.326. The zero-order chi connectivity index (χ0) is 21.5. The van der Waals surface area contributed by atoms with Gasteiger partial charge in [-0.05, 0) is 69.3 Å². The Morgan fingerprint density at radius 2 is 1.43 bits per heavy atom. The van der Waals surface area contributed by atoms with Crippen LogP contribution in [0.1, 0.15) is 19.7 Å². The van der Waals surface area contributed by atoms with Crippen molar-refractivity contribution in [2.24, 2.45) is 0 Å². The molecule has 3 rings (SSSR count). The molecule has 2 amide bonds. The molecule has 0 fully saturated rings. The summed E-state index contributed by atoms with van der Waals surface area (Å²) in [6.07, 6.45) is 0. The van der Waals surface area contributed by atoms with Gasteiger partial charge in [0.1, 0.15) is 17.5 Å². The van der Waals surface area contributed by atoms with Crippen LogP contribution in [0.4, 0.5) is 33.5 Å². The summed E-state index contributed by atoms with van der Waals surface area (Å²) in [6.45, 7) is 7.84. The highest BCUT2D eigenvalue weighted by molar-refractivity contribution is 6.30. The van der Waals surface area contributed by atoms with Gasteiger partial charge in [0.25, 0.3) is 0 Å². The summed E-state index contributed by atoms with van der Waals surface area (Å²) in [5.41, 5.74) is 2.20. The van der Waals surface area contributed by atoms with E-state index in [9.17, 15) is 4.79 Å². The first-order valence-electron chi connectivity index (χ1n) is 9.78. The number of amides is 2. The van der Waals surface area contributed by atoms with E-state index in [2.05, 4.69) is 44.7 Å². The number of aryl methyl sites for hydroxylation is 1. The van der Waals surface area contributed by atoms with E-state index in [4.69, 9.17) is 11.6 Å². The van der Waals surface area contributed by atoms with Crippen molar-refractivity contribution in [1.82, 2.24) is 9.97 Å². The summed E-state index contributed by atoms with van der Waals surface area (Å²) in [6, 6.07) is 15.9. The summed E-state index contributed by atoms with van der Waals surface area (Å²) in [5, 5.41) is 9.47. The molecule has 156 valence electrons. The van der Waals surface area contributed by atoms with Crippen molar-refractivity contribution in [3.05, 3.63) is 65.4 Å². The molecule has 1 aromatic heterocycles. The van der Waals surface area contributed by atoms with Crippen LogP contribution in [-0.2, 0) is 0 Å². The summed E-state index contributed by atoms with van der Waals surface area (Å²) >= 11 is 5.85. The molecule has 7 nitrogen and oxygen atoms in total. The third-order valence-corrected chi connectivity index (χ3v) is 4.68. The first-order chi connectivity index (χ1) is 14.5.